The number of nitriles is 1. The summed E-state index contributed by atoms with van der Waals surface area (Å²) in [5.74, 6) is -0.391. The van der Waals surface area contributed by atoms with Crippen LogP contribution in [-0.2, 0) is 16.1 Å². The maximum absolute atomic E-state index is 12.0. The van der Waals surface area contributed by atoms with Crippen molar-refractivity contribution < 1.29 is 9.53 Å². The van der Waals surface area contributed by atoms with Gasteiger partial charge in [-0.25, -0.2) is 0 Å². The summed E-state index contributed by atoms with van der Waals surface area (Å²) >= 11 is 0. The normalized spacial score (nSPS) is 10.9. The molecule has 0 unspecified atom stereocenters. The molecular weight excluding hydrogens is 338 g/mol. The van der Waals surface area contributed by atoms with Gasteiger partial charge < -0.3 is 15.0 Å². The first-order valence-corrected chi connectivity index (χ1v) is 8.95. The van der Waals surface area contributed by atoms with Gasteiger partial charge in [-0.1, -0.05) is 42.5 Å². The Morgan fingerprint density at radius 2 is 1.89 bits per heavy atom. The summed E-state index contributed by atoms with van der Waals surface area (Å²) < 4.78 is 4.89. The fourth-order valence-electron chi connectivity index (χ4n) is 2.65. The molecule has 0 saturated heterocycles. The molecule has 0 aliphatic carbocycles. The molecule has 2 rings (SSSR count). The molecular formula is C22H25N3O2. The van der Waals surface area contributed by atoms with Crippen molar-refractivity contribution in [2.45, 2.75) is 13.5 Å². The van der Waals surface area contributed by atoms with Gasteiger partial charge in [-0.05, 0) is 36.3 Å². The minimum absolute atomic E-state index is 0.0792. The number of benzene rings is 2. The van der Waals surface area contributed by atoms with E-state index in [-0.39, 0.29) is 5.57 Å². The first kappa shape index (κ1) is 20.2. The summed E-state index contributed by atoms with van der Waals surface area (Å²) in [6, 6.07) is 20.1. The van der Waals surface area contributed by atoms with Gasteiger partial charge in [0.05, 0.1) is 6.61 Å². The number of hydrogen-bond donors (Lipinski definition) is 1. The number of anilines is 1. The van der Waals surface area contributed by atoms with E-state index in [9.17, 15) is 10.1 Å². The third-order valence-electron chi connectivity index (χ3n) is 4.12. The zero-order valence-electron chi connectivity index (χ0n) is 15.8. The Labute approximate surface area is 160 Å². The Morgan fingerprint density at radius 3 is 2.48 bits per heavy atom. The number of hydrogen-bond acceptors (Lipinski definition) is 4. The van der Waals surface area contributed by atoms with Crippen LogP contribution in [0.5, 0.6) is 0 Å². The summed E-state index contributed by atoms with van der Waals surface area (Å²) in [6.07, 6.45) is 1.60. The first-order valence-electron chi connectivity index (χ1n) is 8.95. The molecule has 5 nitrogen and oxygen atoms in total. The largest absolute Gasteiger partial charge is 0.383 e. The van der Waals surface area contributed by atoms with E-state index in [0.29, 0.717) is 13.2 Å². The predicted molar refractivity (Wildman–Crippen MR) is 108 cm³/mol. The fourth-order valence-corrected chi connectivity index (χ4v) is 2.65. The van der Waals surface area contributed by atoms with Crippen LogP contribution in [0.1, 0.15) is 18.1 Å². The average Bonchev–Trinajstić information content (AvgIpc) is 2.71. The van der Waals surface area contributed by atoms with Crippen molar-refractivity contribution in [3.05, 3.63) is 71.3 Å². The molecule has 0 saturated carbocycles. The molecule has 0 spiro atoms. The second-order valence-corrected chi connectivity index (χ2v) is 6.01. The molecule has 1 amide bonds. The minimum atomic E-state index is -0.391. The van der Waals surface area contributed by atoms with Crippen LogP contribution < -0.4 is 10.2 Å². The number of rotatable bonds is 9. The minimum Gasteiger partial charge on any atom is -0.383 e. The molecule has 0 fully saturated rings. The standard InChI is InChI=1S/C22H25N3O2/c1-3-25(17-19-7-5-4-6-8-19)21-11-9-18(10-12-21)15-20(16-23)22(26)24-13-14-27-2/h4-12,15H,3,13-14,17H2,1-2H3,(H,24,26). The number of amides is 1. The molecule has 0 aliphatic rings. The Bertz CT molecular complexity index is 793. The summed E-state index contributed by atoms with van der Waals surface area (Å²) in [5, 5.41) is 11.9. The van der Waals surface area contributed by atoms with E-state index < -0.39 is 5.91 Å². The highest BCUT2D eigenvalue weighted by Gasteiger charge is 2.09. The van der Waals surface area contributed by atoms with E-state index in [1.54, 1.807) is 13.2 Å². The SMILES string of the molecule is CCN(Cc1ccccc1)c1ccc(C=C(C#N)C(=O)NCCOC)cc1. The molecule has 0 bridgehead atoms. The quantitative estimate of drug-likeness (QED) is 0.421. The monoisotopic (exact) mass is 363 g/mol. The lowest BCUT2D eigenvalue weighted by Gasteiger charge is -2.23. The smallest absolute Gasteiger partial charge is 0.262 e. The van der Waals surface area contributed by atoms with Crippen molar-refractivity contribution in [3.63, 3.8) is 0 Å². The van der Waals surface area contributed by atoms with Gasteiger partial charge >= 0.3 is 0 Å². The molecule has 0 aliphatic heterocycles. The first-order chi connectivity index (χ1) is 13.2. The van der Waals surface area contributed by atoms with Crippen molar-refractivity contribution in [3.8, 4) is 6.07 Å². The van der Waals surface area contributed by atoms with Gasteiger partial charge in [0, 0.05) is 32.4 Å². The molecule has 5 heteroatoms. The summed E-state index contributed by atoms with van der Waals surface area (Å²) in [4.78, 5) is 14.3. The van der Waals surface area contributed by atoms with Crippen molar-refractivity contribution in [1.29, 1.82) is 5.26 Å². The molecule has 2 aromatic rings. The third kappa shape index (κ3) is 6.28. The van der Waals surface area contributed by atoms with Crippen LogP contribution in [0.25, 0.3) is 6.08 Å². The van der Waals surface area contributed by atoms with Gasteiger partial charge in [0.15, 0.2) is 0 Å². The molecule has 0 aromatic heterocycles. The number of ether oxygens (including phenoxy) is 1. The van der Waals surface area contributed by atoms with Crippen LogP contribution in [0.4, 0.5) is 5.69 Å². The van der Waals surface area contributed by atoms with Crippen molar-refractivity contribution in [1.82, 2.24) is 5.32 Å². The number of nitrogens with zero attached hydrogens (tertiary/aromatic N) is 2. The number of methoxy groups -OCH3 is 1. The highest BCUT2D eigenvalue weighted by molar-refractivity contribution is 6.01. The average molecular weight is 363 g/mol. The van der Waals surface area contributed by atoms with E-state index in [0.717, 1.165) is 24.3 Å². The summed E-state index contributed by atoms with van der Waals surface area (Å²) in [7, 11) is 1.56. The van der Waals surface area contributed by atoms with Gasteiger partial charge in [0.1, 0.15) is 11.6 Å². The lowest BCUT2D eigenvalue weighted by molar-refractivity contribution is -0.117. The van der Waals surface area contributed by atoms with Crippen molar-refractivity contribution in [2.24, 2.45) is 0 Å². The third-order valence-corrected chi connectivity index (χ3v) is 4.12. The summed E-state index contributed by atoms with van der Waals surface area (Å²) in [5.41, 5.74) is 3.24. The van der Waals surface area contributed by atoms with Gasteiger partial charge in [-0.2, -0.15) is 5.26 Å². The second-order valence-electron chi connectivity index (χ2n) is 6.01. The zero-order chi connectivity index (χ0) is 19.5. The maximum atomic E-state index is 12.0. The van der Waals surface area contributed by atoms with Gasteiger partial charge in [-0.3, -0.25) is 4.79 Å². The van der Waals surface area contributed by atoms with Crippen LogP contribution in [0.3, 0.4) is 0 Å². The molecule has 27 heavy (non-hydrogen) atoms. The molecule has 0 atom stereocenters. The number of carbonyl (C=O) groups is 1. The van der Waals surface area contributed by atoms with Gasteiger partial charge in [0.2, 0.25) is 0 Å². The highest BCUT2D eigenvalue weighted by atomic mass is 16.5. The molecule has 2 aromatic carbocycles. The van der Waals surface area contributed by atoms with Crippen LogP contribution in [0.15, 0.2) is 60.2 Å². The van der Waals surface area contributed by atoms with E-state index in [1.807, 2.05) is 48.5 Å². The molecule has 0 heterocycles. The fraction of sp³-hybridized carbons (Fsp3) is 0.273. The topological polar surface area (TPSA) is 65.4 Å². The van der Waals surface area contributed by atoms with Crippen LogP contribution in [-0.4, -0.2) is 32.7 Å². The lowest BCUT2D eigenvalue weighted by atomic mass is 10.1. The lowest BCUT2D eigenvalue weighted by Crippen LogP contribution is -2.27. The van der Waals surface area contributed by atoms with Crippen LogP contribution in [0.2, 0.25) is 0 Å². The predicted octanol–water partition coefficient (Wildman–Crippen LogP) is 3.38. The van der Waals surface area contributed by atoms with Crippen molar-refractivity contribution in [2.75, 3.05) is 31.7 Å². The Hall–Kier alpha value is -3.10. The van der Waals surface area contributed by atoms with Gasteiger partial charge in [0.25, 0.3) is 5.91 Å². The molecule has 140 valence electrons. The Kier molecular flexibility index (Phi) is 8.08. The van der Waals surface area contributed by atoms with Crippen LogP contribution in [0, 0.1) is 11.3 Å². The number of nitrogens with one attached hydrogen (secondary N) is 1. The van der Waals surface area contributed by atoms with E-state index in [4.69, 9.17) is 4.74 Å². The molecule has 0 radical (unpaired) electrons. The van der Waals surface area contributed by atoms with E-state index in [1.165, 1.54) is 5.56 Å². The highest BCUT2D eigenvalue weighted by Crippen LogP contribution is 2.19. The Morgan fingerprint density at radius 1 is 1.19 bits per heavy atom. The summed E-state index contributed by atoms with van der Waals surface area (Å²) in [6.45, 7) is 4.62. The van der Waals surface area contributed by atoms with Gasteiger partial charge in [-0.15, -0.1) is 0 Å². The number of carbonyl (C=O) groups excluding carboxylic acids is 1. The van der Waals surface area contributed by atoms with Crippen LogP contribution >= 0.6 is 0 Å². The molecule has 1 N–H and O–H groups in total. The second kappa shape index (κ2) is 10.8. The Balaban J connectivity index is 2.08. The maximum Gasteiger partial charge on any atom is 0.262 e. The van der Waals surface area contributed by atoms with E-state index in [2.05, 4.69) is 29.3 Å². The van der Waals surface area contributed by atoms with E-state index >= 15 is 0 Å². The zero-order valence-corrected chi connectivity index (χ0v) is 15.8. The van der Waals surface area contributed by atoms with Crippen molar-refractivity contribution >= 4 is 17.7 Å².